The van der Waals surface area contributed by atoms with Crippen LogP contribution in [0.2, 0.25) is 0 Å². The number of aromatic hydroxyl groups is 1. The van der Waals surface area contributed by atoms with Gasteiger partial charge < -0.3 is 10.8 Å². The first-order valence-corrected chi connectivity index (χ1v) is 6.27. The maximum Gasteiger partial charge on any atom is 0.119 e. The molecule has 16 heavy (non-hydrogen) atoms. The highest BCUT2D eigenvalue weighted by atomic mass is 16.3. The van der Waals surface area contributed by atoms with E-state index in [0.29, 0.717) is 12.3 Å². The van der Waals surface area contributed by atoms with Crippen LogP contribution in [0, 0.1) is 6.92 Å². The Hall–Kier alpha value is -1.02. The highest BCUT2D eigenvalue weighted by Crippen LogP contribution is 2.33. The zero-order valence-electron chi connectivity index (χ0n) is 10.1. The Balaban J connectivity index is 2.37. The number of rotatable bonds is 3. The lowest BCUT2D eigenvalue weighted by Crippen LogP contribution is -2.08. The van der Waals surface area contributed by atoms with E-state index in [4.69, 9.17) is 5.73 Å². The largest absolute Gasteiger partial charge is 0.508 e. The topological polar surface area (TPSA) is 46.2 Å². The van der Waals surface area contributed by atoms with Gasteiger partial charge in [-0.25, -0.2) is 0 Å². The van der Waals surface area contributed by atoms with Crippen molar-refractivity contribution < 1.29 is 5.11 Å². The lowest BCUT2D eigenvalue weighted by atomic mass is 9.85. The lowest BCUT2D eigenvalue weighted by Gasteiger charge is -2.21. The van der Waals surface area contributed by atoms with Crippen molar-refractivity contribution in [1.82, 2.24) is 0 Å². The standard InChI is InChI=1S/C14H21NO/c1-10-12-6-3-2-5-11(12)9-14(16)13(10)7-4-8-15/h9,16H,2-8,15H2,1H3. The van der Waals surface area contributed by atoms with Gasteiger partial charge in [0.1, 0.15) is 5.75 Å². The monoisotopic (exact) mass is 219 g/mol. The van der Waals surface area contributed by atoms with Crippen molar-refractivity contribution in [3.63, 3.8) is 0 Å². The second-order valence-corrected chi connectivity index (χ2v) is 4.74. The molecular weight excluding hydrogens is 198 g/mol. The van der Waals surface area contributed by atoms with Crippen LogP contribution in [0.4, 0.5) is 0 Å². The zero-order valence-corrected chi connectivity index (χ0v) is 10.1. The highest BCUT2D eigenvalue weighted by Gasteiger charge is 2.16. The van der Waals surface area contributed by atoms with Crippen LogP contribution >= 0.6 is 0 Å². The maximum absolute atomic E-state index is 10.0. The molecule has 1 aromatic rings. The molecule has 0 bridgehead atoms. The molecule has 0 saturated heterocycles. The third kappa shape index (κ3) is 2.07. The van der Waals surface area contributed by atoms with Gasteiger partial charge in [-0.3, -0.25) is 0 Å². The van der Waals surface area contributed by atoms with Gasteiger partial charge in [-0.2, -0.15) is 0 Å². The van der Waals surface area contributed by atoms with Gasteiger partial charge in [-0.1, -0.05) is 0 Å². The van der Waals surface area contributed by atoms with Gasteiger partial charge >= 0.3 is 0 Å². The van der Waals surface area contributed by atoms with Gasteiger partial charge in [0.25, 0.3) is 0 Å². The Morgan fingerprint density at radius 3 is 2.81 bits per heavy atom. The van der Waals surface area contributed by atoms with Gasteiger partial charge in [0.15, 0.2) is 0 Å². The van der Waals surface area contributed by atoms with Crippen molar-refractivity contribution in [3.05, 3.63) is 28.3 Å². The quantitative estimate of drug-likeness (QED) is 0.820. The molecule has 0 radical (unpaired) electrons. The van der Waals surface area contributed by atoms with Crippen molar-refractivity contribution in [2.24, 2.45) is 5.73 Å². The second kappa shape index (κ2) is 4.88. The van der Waals surface area contributed by atoms with Crippen molar-refractivity contribution in [2.45, 2.75) is 45.4 Å². The van der Waals surface area contributed by atoms with Crippen LogP contribution in [-0.4, -0.2) is 11.7 Å². The third-order valence-electron chi connectivity index (χ3n) is 3.67. The molecule has 0 saturated carbocycles. The van der Waals surface area contributed by atoms with Crippen LogP contribution in [0.3, 0.4) is 0 Å². The minimum atomic E-state index is 0.478. The second-order valence-electron chi connectivity index (χ2n) is 4.74. The summed E-state index contributed by atoms with van der Waals surface area (Å²) in [5.41, 5.74) is 10.8. The third-order valence-corrected chi connectivity index (χ3v) is 3.67. The number of nitrogens with two attached hydrogens (primary N) is 1. The molecule has 2 rings (SSSR count). The Bertz CT molecular complexity index is 385. The molecule has 0 atom stereocenters. The molecule has 88 valence electrons. The van der Waals surface area contributed by atoms with Crippen LogP contribution in [0.5, 0.6) is 5.75 Å². The van der Waals surface area contributed by atoms with E-state index in [2.05, 4.69) is 6.92 Å². The summed E-state index contributed by atoms with van der Waals surface area (Å²) in [4.78, 5) is 0. The first-order chi connectivity index (χ1) is 7.74. The minimum absolute atomic E-state index is 0.478. The van der Waals surface area contributed by atoms with Gasteiger partial charge in [-0.15, -0.1) is 0 Å². The number of benzene rings is 1. The molecule has 0 unspecified atom stereocenters. The number of fused-ring (bicyclic) bond motifs is 1. The van der Waals surface area contributed by atoms with E-state index in [1.807, 2.05) is 6.07 Å². The zero-order chi connectivity index (χ0) is 11.5. The van der Waals surface area contributed by atoms with Crippen molar-refractivity contribution in [1.29, 1.82) is 0 Å². The van der Waals surface area contributed by atoms with Crippen LogP contribution < -0.4 is 5.73 Å². The van der Waals surface area contributed by atoms with E-state index in [9.17, 15) is 5.11 Å². The summed E-state index contributed by atoms with van der Waals surface area (Å²) < 4.78 is 0. The molecule has 2 heteroatoms. The van der Waals surface area contributed by atoms with E-state index in [0.717, 1.165) is 24.8 Å². The summed E-state index contributed by atoms with van der Waals surface area (Å²) in [5.74, 6) is 0.478. The fourth-order valence-corrected chi connectivity index (χ4v) is 2.74. The number of phenolic OH excluding ortho intramolecular Hbond substituents is 1. The average molecular weight is 219 g/mol. The Kier molecular flexibility index (Phi) is 3.49. The number of phenols is 1. The van der Waals surface area contributed by atoms with Crippen LogP contribution in [0.1, 0.15) is 41.5 Å². The van der Waals surface area contributed by atoms with Crippen LogP contribution in [-0.2, 0) is 19.3 Å². The summed E-state index contributed by atoms with van der Waals surface area (Å²) in [6, 6.07) is 1.98. The van der Waals surface area contributed by atoms with E-state index < -0.39 is 0 Å². The number of hydrogen-bond acceptors (Lipinski definition) is 2. The number of hydrogen-bond donors (Lipinski definition) is 2. The lowest BCUT2D eigenvalue weighted by molar-refractivity contribution is 0.464. The first-order valence-electron chi connectivity index (χ1n) is 6.27. The summed E-state index contributed by atoms with van der Waals surface area (Å²) in [7, 11) is 0. The van der Waals surface area contributed by atoms with Gasteiger partial charge in [-0.05, 0) is 80.3 Å². The fraction of sp³-hybridized carbons (Fsp3) is 0.571. The van der Waals surface area contributed by atoms with Crippen molar-refractivity contribution in [3.8, 4) is 5.75 Å². The normalized spacial score (nSPS) is 14.9. The number of aryl methyl sites for hydroxylation is 1. The first kappa shape index (κ1) is 11.5. The Morgan fingerprint density at radius 2 is 2.06 bits per heavy atom. The maximum atomic E-state index is 10.0. The smallest absolute Gasteiger partial charge is 0.119 e. The SMILES string of the molecule is Cc1c(CCCN)c(O)cc2c1CCCC2. The summed E-state index contributed by atoms with van der Waals surface area (Å²) in [6.45, 7) is 2.84. The van der Waals surface area contributed by atoms with Crippen molar-refractivity contribution in [2.75, 3.05) is 6.54 Å². The van der Waals surface area contributed by atoms with E-state index in [1.165, 1.54) is 36.0 Å². The summed E-state index contributed by atoms with van der Waals surface area (Å²) >= 11 is 0. The van der Waals surface area contributed by atoms with Gasteiger partial charge in [0, 0.05) is 0 Å². The van der Waals surface area contributed by atoms with E-state index in [1.54, 1.807) is 0 Å². The molecule has 1 aliphatic carbocycles. The molecule has 1 aliphatic rings. The minimum Gasteiger partial charge on any atom is -0.508 e. The average Bonchev–Trinajstić information content (AvgIpc) is 2.29. The van der Waals surface area contributed by atoms with E-state index in [-0.39, 0.29) is 0 Å². The predicted molar refractivity (Wildman–Crippen MR) is 66.9 cm³/mol. The van der Waals surface area contributed by atoms with Crippen molar-refractivity contribution >= 4 is 0 Å². The summed E-state index contributed by atoms with van der Waals surface area (Å²) in [5, 5.41) is 10.0. The molecule has 0 heterocycles. The predicted octanol–water partition coefficient (Wildman–Crippen LogP) is 2.47. The Labute approximate surface area is 97.5 Å². The molecule has 0 spiro atoms. The van der Waals surface area contributed by atoms with Crippen LogP contribution in [0.25, 0.3) is 0 Å². The molecule has 0 fully saturated rings. The molecule has 0 aliphatic heterocycles. The highest BCUT2D eigenvalue weighted by molar-refractivity contribution is 5.49. The summed E-state index contributed by atoms with van der Waals surface area (Å²) in [6.07, 6.45) is 6.70. The van der Waals surface area contributed by atoms with E-state index >= 15 is 0 Å². The molecule has 0 amide bonds. The molecular formula is C14H21NO. The fourth-order valence-electron chi connectivity index (χ4n) is 2.74. The van der Waals surface area contributed by atoms with Gasteiger partial charge in [0.2, 0.25) is 0 Å². The molecule has 0 aromatic heterocycles. The molecule has 2 nitrogen and oxygen atoms in total. The Morgan fingerprint density at radius 1 is 1.31 bits per heavy atom. The van der Waals surface area contributed by atoms with Gasteiger partial charge in [0.05, 0.1) is 0 Å². The molecule has 1 aromatic carbocycles. The van der Waals surface area contributed by atoms with Crippen LogP contribution in [0.15, 0.2) is 6.07 Å². The molecule has 3 N–H and O–H groups in total.